The predicted molar refractivity (Wildman–Crippen MR) is 73.1 cm³/mol. The van der Waals surface area contributed by atoms with Gasteiger partial charge in [0, 0.05) is 25.8 Å². The van der Waals surface area contributed by atoms with Crippen molar-refractivity contribution in [2.75, 3.05) is 25.6 Å². The van der Waals surface area contributed by atoms with Crippen LogP contribution in [0.1, 0.15) is 26.2 Å². The van der Waals surface area contributed by atoms with E-state index < -0.39 is 25.1 Å². The molecule has 0 aliphatic carbocycles. The topological polar surface area (TPSA) is 88.6 Å². The first-order valence-corrected chi connectivity index (χ1v) is 9.99. The zero-order valence-electron chi connectivity index (χ0n) is 11.5. The molecule has 1 heterocycles. The molecule has 6 nitrogen and oxygen atoms in total. The van der Waals surface area contributed by atoms with Crippen LogP contribution in [0.25, 0.3) is 0 Å². The van der Waals surface area contributed by atoms with Crippen LogP contribution in [0.15, 0.2) is 0 Å². The summed E-state index contributed by atoms with van der Waals surface area (Å²) in [6.45, 7) is 2.17. The van der Waals surface area contributed by atoms with Gasteiger partial charge in [-0.3, -0.25) is 4.79 Å². The van der Waals surface area contributed by atoms with Gasteiger partial charge in [0.25, 0.3) is 0 Å². The minimum atomic E-state index is -3.38. The first kappa shape index (κ1) is 16.6. The Hall–Kier alpha value is -0.470. The number of hydrogen-bond acceptors (Lipinski definition) is 5. The summed E-state index contributed by atoms with van der Waals surface area (Å²) in [5.41, 5.74) is 0. The van der Waals surface area contributed by atoms with Gasteiger partial charge in [-0.2, -0.15) is 0 Å². The zero-order chi connectivity index (χ0) is 14.8. The number of piperidine rings is 1. The van der Waals surface area contributed by atoms with E-state index in [0.29, 0.717) is 19.5 Å². The first-order valence-electron chi connectivity index (χ1n) is 6.18. The molecule has 19 heavy (non-hydrogen) atoms. The Morgan fingerprint density at radius 3 is 2.32 bits per heavy atom. The summed E-state index contributed by atoms with van der Waals surface area (Å²) in [5.74, 6) is -0.414. The van der Waals surface area contributed by atoms with E-state index in [1.807, 2.05) is 0 Å². The average molecular weight is 311 g/mol. The van der Waals surface area contributed by atoms with Crippen LogP contribution in [-0.2, 0) is 24.7 Å². The molecule has 2 atom stereocenters. The third-order valence-electron chi connectivity index (χ3n) is 3.54. The number of hydrogen-bond donors (Lipinski definition) is 0. The number of rotatable bonds is 5. The normalized spacial score (nSPS) is 24.1. The van der Waals surface area contributed by atoms with E-state index in [-0.39, 0.29) is 18.1 Å². The lowest BCUT2D eigenvalue weighted by Crippen LogP contribution is -2.40. The minimum absolute atomic E-state index is 0.0832. The van der Waals surface area contributed by atoms with Crippen LogP contribution in [0.5, 0.6) is 0 Å². The number of sulfone groups is 1. The van der Waals surface area contributed by atoms with Crippen LogP contribution < -0.4 is 0 Å². The molecule has 0 N–H and O–H groups in total. The first-order chi connectivity index (χ1) is 8.51. The summed E-state index contributed by atoms with van der Waals surface area (Å²) in [7, 11) is -6.62. The molecule has 0 aromatic heterocycles. The molecule has 0 aromatic rings. The van der Waals surface area contributed by atoms with Gasteiger partial charge in [-0.15, -0.1) is 0 Å². The van der Waals surface area contributed by atoms with Crippen molar-refractivity contribution < 1.29 is 21.6 Å². The molecule has 1 fully saturated rings. The average Bonchev–Trinajstić information content (AvgIpc) is 2.26. The van der Waals surface area contributed by atoms with Crippen molar-refractivity contribution in [2.45, 2.75) is 31.4 Å². The second-order valence-electron chi connectivity index (χ2n) is 5.27. The molecule has 0 aromatic carbocycles. The lowest BCUT2D eigenvalue weighted by Gasteiger charge is -2.30. The molecular weight excluding hydrogens is 290 g/mol. The second-order valence-corrected chi connectivity index (χ2v) is 9.62. The highest BCUT2D eigenvalue weighted by Crippen LogP contribution is 2.22. The maximum atomic E-state index is 11.9. The van der Waals surface area contributed by atoms with Crippen molar-refractivity contribution in [3.8, 4) is 0 Å². The Labute approximate surface area is 115 Å². The highest BCUT2D eigenvalue weighted by atomic mass is 32.2. The highest BCUT2D eigenvalue weighted by molar-refractivity contribution is 7.92. The van der Waals surface area contributed by atoms with Crippen LogP contribution in [0, 0.1) is 5.92 Å². The zero-order valence-corrected chi connectivity index (χ0v) is 13.1. The molecule has 1 aliphatic rings. The fourth-order valence-electron chi connectivity index (χ4n) is 2.18. The number of carbonyl (C=O) groups excluding carboxylic acids is 1. The summed E-state index contributed by atoms with van der Waals surface area (Å²) < 4.78 is 46.9. The Morgan fingerprint density at radius 1 is 1.26 bits per heavy atom. The number of Topliss-reactive ketones (excluding diaryl/α,β-unsaturated/α-hetero) is 1. The molecule has 1 aliphatic heterocycles. The molecule has 112 valence electrons. The molecule has 1 rings (SSSR count). The second kappa shape index (κ2) is 5.88. The number of sulfonamides is 1. The summed E-state index contributed by atoms with van der Waals surface area (Å²) >= 11 is 0. The van der Waals surface area contributed by atoms with Crippen LogP contribution in [0.3, 0.4) is 0 Å². The fraction of sp³-hybridized carbons (Fsp3) is 0.909. The van der Waals surface area contributed by atoms with Gasteiger partial charge in [0.15, 0.2) is 15.6 Å². The van der Waals surface area contributed by atoms with Gasteiger partial charge in [-0.25, -0.2) is 21.1 Å². The lowest BCUT2D eigenvalue weighted by atomic mass is 9.93. The molecule has 0 radical (unpaired) electrons. The van der Waals surface area contributed by atoms with E-state index in [4.69, 9.17) is 0 Å². The number of nitrogens with zero attached hydrogens (tertiary/aromatic N) is 1. The lowest BCUT2D eigenvalue weighted by molar-refractivity contribution is -0.119. The van der Waals surface area contributed by atoms with Crippen LogP contribution in [0.2, 0.25) is 0 Å². The van der Waals surface area contributed by atoms with E-state index >= 15 is 0 Å². The predicted octanol–water partition coefficient (Wildman–Crippen LogP) is 0.0503. The SMILES string of the molecule is CC(C(=O)CC1CCCN(S(C)(=O)=O)C1)S(C)(=O)=O. The van der Waals surface area contributed by atoms with E-state index in [2.05, 4.69) is 0 Å². The molecular formula is C11H21NO5S2. The quantitative estimate of drug-likeness (QED) is 0.716. The van der Waals surface area contributed by atoms with Gasteiger partial charge < -0.3 is 0 Å². The summed E-state index contributed by atoms with van der Waals surface area (Å²) in [4.78, 5) is 11.9. The fourth-order valence-corrected chi connectivity index (χ4v) is 3.70. The molecule has 0 bridgehead atoms. The van der Waals surface area contributed by atoms with Crippen molar-refractivity contribution in [3.05, 3.63) is 0 Å². The highest BCUT2D eigenvalue weighted by Gasteiger charge is 2.30. The third kappa shape index (κ3) is 4.85. The molecule has 8 heteroatoms. The standard InChI is InChI=1S/C11H21NO5S2/c1-9(18(2,14)15)11(13)7-10-5-4-6-12(8-10)19(3,16)17/h9-10H,4-8H2,1-3H3. The molecule has 0 amide bonds. The number of carbonyl (C=O) groups is 1. The van der Waals surface area contributed by atoms with Gasteiger partial charge in [-0.05, 0) is 25.7 Å². The molecule has 2 unspecified atom stereocenters. The molecule has 1 saturated heterocycles. The summed E-state index contributed by atoms with van der Waals surface area (Å²) in [6.07, 6.45) is 3.78. The van der Waals surface area contributed by atoms with Crippen molar-refractivity contribution in [3.63, 3.8) is 0 Å². The van der Waals surface area contributed by atoms with Gasteiger partial charge in [0.2, 0.25) is 10.0 Å². The third-order valence-corrected chi connectivity index (χ3v) is 6.35. The summed E-state index contributed by atoms with van der Waals surface area (Å²) in [6, 6.07) is 0. The Balaban J connectivity index is 2.66. The van der Waals surface area contributed by atoms with Crippen molar-refractivity contribution in [1.29, 1.82) is 0 Å². The van der Waals surface area contributed by atoms with Crippen LogP contribution >= 0.6 is 0 Å². The summed E-state index contributed by atoms with van der Waals surface area (Å²) in [5, 5.41) is -1.01. The van der Waals surface area contributed by atoms with E-state index in [9.17, 15) is 21.6 Å². The van der Waals surface area contributed by atoms with E-state index in [1.165, 1.54) is 11.2 Å². The monoisotopic (exact) mass is 311 g/mol. The maximum absolute atomic E-state index is 11.9. The molecule has 0 saturated carbocycles. The van der Waals surface area contributed by atoms with Gasteiger partial charge >= 0.3 is 0 Å². The van der Waals surface area contributed by atoms with Crippen LogP contribution in [-0.4, -0.2) is 57.8 Å². The maximum Gasteiger partial charge on any atom is 0.211 e. The van der Waals surface area contributed by atoms with Gasteiger partial charge in [0.1, 0.15) is 5.25 Å². The smallest absolute Gasteiger partial charge is 0.211 e. The van der Waals surface area contributed by atoms with Crippen molar-refractivity contribution >= 4 is 25.6 Å². The van der Waals surface area contributed by atoms with Gasteiger partial charge in [-0.1, -0.05) is 0 Å². The Morgan fingerprint density at radius 2 is 1.84 bits per heavy atom. The van der Waals surface area contributed by atoms with E-state index in [0.717, 1.165) is 18.9 Å². The Bertz CT molecular complexity index is 537. The van der Waals surface area contributed by atoms with Crippen molar-refractivity contribution in [1.82, 2.24) is 4.31 Å². The van der Waals surface area contributed by atoms with Crippen molar-refractivity contribution in [2.24, 2.45) is 5.92 Å². The van der Waals surface area contributed by atoms with Gasteiger partial charge in [0.05, 0.1) is 6.26 Å². The Kier molecular flexibility index (Phi) is 5.14. The minimum Gasteiger partial charge on any atom is -0.298 e. The molecule has 0 spiro atoms. The largest absolute Gasteiger partial charge is 0.298 e. The van der Waals surface area contributed by atoms with E-state index in [1.54, 1.807) is 0 Å². The number of ketones is 1. The van der Waals surface area contributed by atoms with Crippen LogP contribution in [0.4, 0.5) is 0 Å².